The smallest absolute Gasteiger partial charge is 0.0541 e. The second kappa shape index (κ2) is 12.0. The highest BCUT2D eigenvalue weighted by molar-refractivity contribution is 6.13. The van der Waals surface area contributed by atoms with E-state index in [1.54, 1.807) is 0 Å². The fraction of sp³-hybridized carbons (Fsp3) is 0.0400. The minimum atomic E-state index is 0.803. The van der Waals surface area contributed by atoms with Crippen LogP contribution in [0.15, 0.2) is 182 Å². The molecule has 0 saturated carbocycles. The summed E-state index contributed by atoms with van der Waals surface area (Å²) in [5.41, 5.74) is 24.5. The van der Waals surface area contributed by atoms with Crippen LogP contribution >= 0.6 is 0 Å². The van der Waals surface area contributed by atoms with Gasteiger partial charge in [-0.3, -0.25) is 0 Å². The molecule has 0 amide bonds. The summed E-state index contributed by atoms with van der Waals surface area (Å²) in [7, 11) is 0. The Balaban J connectivity index is 1.06. The van der Waals surface area contributed by atoms with Crippen molar-refractivity contribution in [2.45, 2.75) is 6.42 Å². The predicted octanol–water partition coefficient (Wildman–Crippen LogP) is 11.6. The average molecular weight is 693 g/mol. The lowest BCUT2D eigenvalue weighted by atomic mass is 9.97. The largest absolute Gasteiger partial charge is 0.398 e. The van der Waals surface area contributed by atoms with Crippen LogP contribution in [0.2, 0.25) is 0 Å². The minimum absolute atomic E-state index is 0.803. The first kappa shape index (κ1) is 30.6. The lowest BCUT2D eigenvalue weighted by Gasteiger charge is -2.11. The zero-order chi connectivity index (χ0) is 35.8. The van der Waals surface area contributed by atoms with Crippen LogP contribution in [0.25, 0.3) is 77.3 Å². The highest BCUT2D eigenvalue weighted by atomic mass is 15.0. The second-order valence-corrected chi connectivity index (χ2v) is 14.4. The van der Waals surface area contributed by atoms with Crippen LogP contribution in [-0.4, -0.2) is 15.7 Å². The molecule has 256 valence electrons. The van der Waals surface area contributed by atoms with Crippen LogP contribution in [0.4, 0.5) is 5.69 Å². The number of anilines is 1. The third-order valence-corrected chi connectivity index (χ3v) is 11.4. The van der Waals surface area contributed by atoms with Crippen LogP contribution < -0.4 is 11.1 Å². The molecule has 2 aliphatic rings. The van der Waals surface area contributed by atoms with E-state index in [4.69, 9.17) is 5.73 Å². The number of fused-ring (bicyclic) bond motifs is 8. The second-order valence-electron chi connectivity index (χ2n) is 14.4. The summed E-state index contributed by atoms with van der Waals surface area (Å²) >= 11 is 0. The van der Waals surface area contributed by atoms with Crippen LogP contribution in [-0.2, 0) is 6.42 Å². The molecular weight excluding hydrogens is 657 g/mol. The lowest BCUT2D eigenvalue weighted by Crippen LogP contribution is -2.12. The van der Waals surface area contributed by atoms with Gasteiger partial charge in [-0.1, -0.05) is 91.0 Å². The monoisotopic (exact) mass is 692 g/mol. The quantitative estimate of drug-likeness (QED) is 0.176. The van der Waals surface area contributed by atoms with E-state index < -0.39 is 0 Å². The molecule has 1 aliphatic carbocycles. The van der Waals surface area contributed by atoms with Crippen molar-refractivity contribution in [3.63, 3.8) is 0 Å². The van der Waals surface area contributed by atoms with Gasteiger partial charge >= 0.3 is 0 Å². The zero-order valence-corrected chi connectivity index (χ0v) is 29.6. The van der Waals surface area contributed by atoms with Gasteiger partial charge < -0.3 is 20.2 Å². The third kappa shape index (κ3) is 4.63. The summed E-state index contributed by atoms with van der Waals surface area (Å²) in [4.78, 5) is 0. The van der Waals surface area contributed by atoms with Crippen molar-refractivity contribution in [1.29, 1.82) is 0 Å². The molecule has 2 aromatic heterocycles. The van der Waals surface area contributed by atoms with Gasteiger partial charge in [-0.15, -0.1) is 0 Å². The Morgan fingerprint density at radius 3 is 1.85 bits per heavy atom. The van der Waals surface area contributed by atoms with E-state index >= 15 is 0 Å². The molecule has 3 heterocycles. The fourth-order valence-corrected chi connectivity index (χ4v) is 8.92. The number of hydrogen-bond donors (Lipinski definition) is 2. The molecule has 0 spiro atoms. The number of rotatable bonds is 5. The molecule has 4 heteroatoms. The molecule has 3 N–H and O–H groups in total. The Kier molecular flexibility index (Phi) is 6.80. The third-order valence-electron chi connectivity index (χ3n) is 11.4. The van der Waals surface area contributed by atoms with E-state index in [1.165, 1.54) is 88.3 Å². The van der Waals surface area contributed by atoms with Crippen LogP contribution in [0.5, 0.6) is 0 Å². The number of benzene rings is 7. The zero-order valence-electron chi connectivity index (χ0n) is 29.6. The van der Waals surface area contributed by atoms with Crippen molar-refractivity contribution in [3.05, 3.63) is 198 Å². The predicted molar refractivity (Wildman–Crippen MR) is 227 cm³/mol. The number of hydrogen-bond acceptors (Lipinski definition) is 2. The maximum Gasteiger partial charge on any atom is 0.0541 e. The van der Waals surface area contributed by atoms with Crippen molar-refractivity contribution < 1.29 is 0 Å². The first-order chi connectivity index (χ1) is 26.7. The number of nitrogen functional groups attached to an aromatic ring is 1. The molecule has 7 aromatic carbocycles. The molecule has 0 unspecified atom stereocenters. The Labute approximate surface area is 313 Å². The number of nitrogens with two attached hydrogens (primary N) is 1. The van der Waals surface area contributed by atoms with E-state index in [-0.39, 0.29) is 0 Å². The SMILES string of the molecule is Nc1cccc2c1/C(=C\Cc1ccc3c(c1)c1cc(-c4ccc5c(c4)c4ccccc4n5-c4ccccc4)ccc1n3-c1ccccc1)C1=C2CNC=C1. The standard InChI is InChI=1S/C50H36N4/c51-45-16-9-15-39-44-31-52-27-26-37(44)40(50(39)45)22-18-32-19-23-47-41(28-32)43-30-34(21-25-49(43)54(47)36-12-5-2-6-13-36)33-20-24-48-42(29-33)38-14-7-8-17-46(38)53(48)35-10-3-1-4-11-35/h1-17,19-30,52H,18,31,51H2/b40-22-. The van der Waals surface area contributed by atoms with Crippen molar-refractivity contribution in [3.8, 4) is 22.5 Å². The summed E-state index contributed by atoms with van der Waals surface area (Å²) in [5.74, 6) is 0. The Hall–Kier alpha value is -7.04. The van der Waals surface area contributed by atoms with E-state index in [0.717, 1.165) is 29.9 Å². The Morgan fingerprint density at radius 1 is 0.556 bits per heavy atom. The first-order valence-corrected chi connectivity index (χ1v) is 18.7. The number of para-hydroxylation sites is 3. The maximum atomic E-state index is 6.61. The molecule has 0 bridgehead atoms. The lowest BCUT2D eigenvalue weighted by molar-refractivity contribution is 0.984. The van der Waals surface area contributed by atoms with Crippen molar-refractivity contribution in [2.75, 3.05) is 12.3 Å². The Morgan fingerprint density at radius 2 is 1.15 bits per heavy atom. The summed E-state index contributed by atoms with van der Waals surface area (Å²) in [6.07, 6.45) is 7.42. The van der Waals surface area contributed by atoms with Gasteiger partial charge in [0.05, 0.1) is 22.1 Å². The van der Waals surface area contributed by atoms with Crippen molar-refractivity contribution in [2.24, 2.45) is 0 Å². The van der Waals surface area contributed by atoms with Crippen LogP contribution in [0, 0.1) is 0 Å². The normalized spacial score (nSPS) is 14.4. The van der Waals surface area contributed by atoms with Crippen LogP contribution in [0.1, 0.15) is 16.7 Å². The maximum absolute atomic E-state index is 6.61. The molecular formula is C50H36N4. The van der Waals surface area contributed by atoms with Gasteiger partial charge in [0, 0.05) is 50.7 Å². The van der Waals surface area contributed by atoms with Gasteiger partial charge in [0.2, 0.25) is 0 Å². The van der Waals surface area contributed by atoms with Gasteiger partial charge in [0.25, 0.3) is 0 Å². The molecule has 0 radical (unpaired) electrons. The summed E-state index contributed by atoms with van der Waals surface area (Å²) < 4.78 is 4.78. The first-order valence-electron chi connectivity index (χ1n) is 18.7. The number of nitrogens with zero attached hydrogens (tertiary/aromatic N) is 2. The molecule has 1 aliphatic heterocycles. The summed E-state index contributed by atoms with van der Waals surface area (Å²) in [6.45, 7) is 0.814. The van der Waals surface area contributed by atoms with E-state index in [2.05, 4.69) is 184 Å². The number of nitrogens with one attached hydrogen (secondary N) is 1. The van der Waals surface area contributed by atoms with Gasteiger partial charge in [-0.25, -0.2) is 0 Å². The number of allylic oxidation sites excluding steroid dienone is 4. The summed E-state index contributed by atoms with van der Waals surface area (Å²) in [5, 5.41) is 8.40. The summed E-state index contributed by atoms with van der Waals surface area (Å²) in [6, 6.07) is 57.3. The molecule has 54 heavy (non-hydrogen) atoms. The highest BCUT2D eigenvalue weighted by Crippen LogP contribution is 2.46. The average Bonchev–Trinajstić information content (AvgIpc) is 3.86. The molecule has 0 atom stereocenters. The van der Waals surface area contributed by atoms with E-state index in [1.807, 2.05) is 6.07 Å². The topological polar surface area (TPSA) is 47.9 Å². The van der Waals surface area contributed by atoms with E-state index in [0.29, 0.717) is 0 Å². The molecule has 4 nitrogen and oxygen atoms in total. The Bertz CT molecular complexity index is 3060. The molecule has 0 saturated heterocycles. The fourth-order valence-electron chi connectivity index (χ4n) is 8.92. The minimum Gasteiger partial charge on any atom is -0.398 e. The van der Waals surface area contributed by atoms with Crippen LogP contribution in [0.3, 0.4) is 0 Å². The van der Waals surface area contributed by atoms with Gasteiger partial charge in [0.1, 0.15) is 0 Å². The highest BCUT2D eigenvalue weighted by Gasteiger charge is 2.27. The molecule has 11 rings (SSSR count). The van der Waals surface area contributed by atoms with Gasteiger partial charge in [-0.2, -0.15) is 0 Å². The molecule has 0 fully saturated rings. The van der Waals surface area contributed by atoms with Gasteiger partial charge in [0.15, 0.2) is 0 Å². The molecule has 9 aromatic rings. The number of dihydropyridines is 1. The number of aromatic nitrogens is 2. The van der Waals surface area contributed by atoms with Gasteiger partial charge in [-0.05, 0) is 130 Å². The van der Waals surface area contributed by atoms with Crippen molar-refractivity contribution in [1.82, 2.24) is 14.5 Å². The van der Waals surface area contributed by atoms with Crippen molar-refractivity contribution >= 4 is 60.4 Å². The van der Waals surface area contributed by atoms with E-state index in [9.17, 15) is 0 Å².